The first-order valence-corrected chi connectivity index (χ1v) is 8.81. The Balaban J connectivity index is 0.00000192. The molecule has 1 N–H and O–H groups in total. The van der Waals surface area contributed by atoms with Gasteiger partial charge in [0.1, 0.15) is 0 Å². The third-order valence-corrected chi connectivity index (χ3v) is 5.02. The summed E-state index contributed by atoms with van der Waals surface area (Å²) in [7, 11) is 0. The Labute approximate surface area is 171 Å². The van der Waals surface area contributed by atoms with Crippen LogP contribution in [0.5, 0.6) is 0 Å². The van der Waals surface area contributed by atoms with Gasteiger partial charge in [-0.2, -0.15) is 0 Å². The minimum atomic E-state index is 0. The van der Waals surface area contributed by atoms with Crippen molar-refractivity contribution < 1.29 is 9.53 Å². The van der Waals surface area contributed by atoms with Crippen molar-refractivity contribution >= 4 is 54.5 Å². The second-order valence-corrected chi connectivity index (χ2v) is 7.01. The number of hydrogen-bond acceptors (Lipinski definition) is 6. The van der Waals surface area contributed by atoms with Crippen molar-refractivity contribution in [3.8, 4) is 0 Å². The molecule has 0 bridgehead atoms. The smallest absolute Gasteiger partial charge is 0.224 e. The fourth-order valence-corrected chi connectivity index (χ4v) is 3.56. The van der Waals surface area contributed by atoms with Crippen LogP contribution in [0.3, 0.4) is 0 Å². The number of thiazole rings is 1. The van der Waals surface area contributed by atoms with Gasteiger partial charge in [0.05, 0.1) is 23.9 Å². The Kier molecular flexibility index (Phi) is 12.2. The predicted octanol–water partition coefficient (Wildman–Crippen LogP) is 1.74. The molecule has 0 aliphatic carbocycles. The number of halogens is 3. The fourth-order valence-electron chi connectivity index (χ4n) is 2.96. The van der Waals surface area contributed by atoms with E-state index >= 15 is 0 Å². The molecule has 3 rings (SSSR count). The lowest BCUT2D eigenvalue weighted by atomic mass is 10.1. The first-order chi connectivity index (χ1) is 10.7. The van der Waals surface area contributed by atoms with E-state index in [4.69, 9.17) is 4.74 Å². The van der Waals surface area contributed by atoms with Crippen molar-refractivity contribution in [2.24, 2.45) is 0 Å². The largest absolute Gasteiger partial charge is 0.378 e. The summed E-state index contributed by atoms with van der Waals surface area (Å²) in [6, 6.07) is 0.178. The third kappa shape index (κ3) is 7.54. The molecule has 10 heteroatoms. The summed E-state index contributed by atoms with van der Waals surface area (Å²) in [4.78, 5) is 21.2. The molecular weight excluding hydrogens is 407 g/mol. The van der Waals surface area contributed by atoms with Gasteiger partial charge in [-0.3, -0.25) is 9.69 Å². The van der Waals surface area contributed by atoms with Crippen LogP contribution in [0.15, 0.2) is 5.38 Å². The van der Waals surface area contributed by atoms with E-state index < -0.39 is 0 Å². The molecule has 6 nitrogen and oxygen atoms in total. The molecule has 2 fully saturated rings. The molecule has 1 atom stereocenters. The molecule has 25 heavy (non-hydrogen) atoms. The van der Waals surface area contributed by atoms with Crippen LogP contribution in [-0.4, -0.2) is 72.7 Å². The Bertz CT molecular complexity index is 507. The maximum absolute atomic E-state index is 12.3. The molecule has 3 heterocycles. The van der Waals surface area contributed by atoms with Crippen LogP contribution in [0, 0.1) is 6.92 Å². The Morgan fingerprint density at radius 2 is 2.04 bits per heavy atom. The highest BCUT2D eigenvalue weighted by Gasteiger charge is 2.24. The highest BCUT2D eigenvalue weighted by atomic mass is 35.5. The predicted molar refractivity (Wildman–Crippen MR) is 108 cm³/mol. The number of morpholine rings is 1. The second-order valence-electron chi connectivity index (χ2n) is 5.94. The zero-order valence-corrected chi connectivity index (χ0v) is 17.6. The summed E-state index contributed by atoms with van der Waals surface area (Å²) >= 11 is 1.70. The average Bonchev–Trinajstić information content (AvgIpc) is 2.94. The number of ether oxygens (including phenoxy) is 1. The average molecular weight is 434 g/mol. The molecule has 1 unspecified atom stereocenters. The van der Waals surface area contributed by atoms with Gasteiger partial charge in [-0.05, 0) is 6.92 Å². The monoisotopic (exact) mass is 432 g/mol. The fraction of sp³-hybridized carbons (Fsp3) is 0.733. The first-order valence-electron chi connectivity index (χ1n) is 7.93. The van der Waals surface area contributed by atoms with Crippen molar-refractivity contribution in [3.05, 3.63) is 16.1 Å². The topological polar surface area (TPSA) is 57.7 Å². The number of nitrogens with one attached hydrogen (secondary N) is 1. The van der Waals surface area contributed by atoms with E-state index in [0.717, 1.165) is 56.6 Å². The van der Waals surface area contributed by atoms with Crippen molar-refractivity contribution in [2.45, 2.75) is 25.9 Å². The highest BCUT2D eigenvalue weighted by molar-refractivity contribution is 7.09. The zero-order chi connectivity index (χ0) is 15.4. The van der Waals surface area contributed by atoms with Gasteiger partial charge in [0.15, 0.2) is 0 Å². The molecule has 0 radical (unpaired) electrons. The summed E-state index contributed by atoms with van der Waals surface area (Å²) in [6.07, 6.45) is 0.547. The van der Waals surface area contributed by atoms with Crippen LogP contribution in [0.25, 0.3) is 0 Å². The quantitative estimate of drug-likeness (QED) is 0.784. The van der Waals surface area contributed by atoms with E-state index in [0.29, 0.717) is 13.0 Å². The number of carbonyl (C=O) groups is 1. The van der Waals surface area contributed by atoms with E-state index in [-0.39, 0.29) is 49.2 Å². The van der Waals surface area contributed by atoms with Gasteiger partial charge >= 0.3 is 0 Å². The molecule has 1 aromatic heterocycles. The summed E-state index contributed by atoms with van der Waals surface area (Å²) in [5, 5.41) is 6.59. The Morgan fingerprint density at radius 1 is 1.32 bits per heavy atom. The lowest BCUT2D eigenvalue weighted by molar-refractivity contribution is -0.134. The lowest BCUT2D eigenvalue weighted by Crippen LogP contribution is -2.51. The zero-order valence-electron chi connectivity index (χ0n) is 14.3. The molecular formula is C15H27Cl3N4O2S. The van der Waals surface area contributed by atoms with Gasteiger partial charge < -0.3 is 15.0 Å². The number of aryl methyl sites for hydroxylation is 1. The maximum Gasteiger partial charge on any atom is 0.224 e. The summed E-state index contributed by atoms with van der Waals surface area (Å²) in [6.45, 7) is 8.66. The number of carbonyl (C=O) groups excluding carboxylic acids is 1. The molecule has 146 valence electrons. The highest BCUT2D eigenvalue weighted by Crippen LogP contribution is 2.13. The minimum absolute atomic E-state index is 0. The SMILES string of the molecule is Cc1nc(CN2CCN(C(=O)CC3COCCN3)CC2)cs1.Cl.Cl.Cl. The van der Waals surface area contributed by atoms with Crippen LogP contribution in [0.1, 0.15) is 17.1 Å². The van der Waals surface area contributed by atoms with E-state index in [1.807, 2.05) is 11.8 Å². The second kappa shape index (κ2) is 12.3. The number of hydrogen-bond donors (Lipinski definition) is 1. The van der Waals surface area contributed by atoms with E-state index in [2.05, 4.69) is 20.6 Å². The van der Waals surface area contributed by atoms with Gasteiger partial charge in [-0.1, -0.05) is 0 Å². The van der Waals surface area contributed by atoms with Crippen molar-refractivity contribution in [3.63, 3.8) is 0 Å². The molecule has 2 aliphatic rings. The summed E-state index contributed by atoms with van der Waals surface area (Å²) in [5.41, 5.74) is 1.14. The van der Waals surface area contributed by atoms with Crippen molar-refractivity contribution in [1.29, 1.82) is 0 Å². The van der Waals surface area contributed by atoms with Crippen molar-refractivity contribution in [2.75, 3.05) is 45.9 Å². The third-order valence-electron chi connectivity index (χ3n) is 4.20. The molecule has 0 saturated carbocycles. The maximum atomic E-state index is 12.3. The normalized spacial score (nSPS) is 20.8. The molecule has 2 aliphatic heterocycles. The molecule has 1 amide bonds. The number of rotatable bonds is 4. The Morgan fingerprint density at radius 3 is 2.60 bits per heavy atom. The van der Waals surface area contributed by atoms with Gasteiger partial charge in [0, 0.05) is 57.1 Å². The van der Waals surface area contributed by atoms with Gasteiger partial charge in [-0.15, -0.1) is 48.6 Å². The minimum Gasteiger partial charge on any atom is -0.378 e. The van der Waals surface area contributed by atoms with E-state index in [9.17, 15) is 4.79 Å². The van der Waals surface area contributed by atoms with Gasteiger partial charge in [-0.25, -0.2) is 4.98 Å². The number of amides is 1. The van der Waals surface area contributed by atoms with Gasteiger partial charge in [0.25, 0.3) is 0 Å². The van der Waals surface area contributed by atoms with Crippen LogP contribution < -0.4 is 5.32 Å². The first kappa shape index (κ1) is 24.8. The van der Waals surface area contributed by atoms with E-state index in [1.54, 1.807) is 11.3 Å². The van der Waals surface area contributed by atoms with Crippen LogP contribution in [0.4, 0.5) is 0 Å². The van der Waals surface area contributed by atoms with Crippen molar-refractivity contribution in [1.82, 2.24) is 20.1 Å². The summed E-state index contributed by atoms with van der Waals surface area (Å²) in [5.74, 6) is 0.243. The number of piperazine rings is 1. The van der Waals surface area contributed by atoms with Crippen LogP contribution in [-0.2, 0) is 16.1 Å². The molecule has 2 saturated heterocycles. The molecule has 0 aromatic carbocycles. The molecule has 0 spiro atoms. The standard InChI is InChI=1S/C15H24N4O2S.3ClH/c1-12-17-14(11-22-12)9-18-3-5-19(6-4-18)15(20)8-13-10-21-7-2-16-13;;;/h11,13,16H,2-10H2,1H3;3*1H. The number of aromatic nitrogens is 1. The Hall–Kier alpha value is -0.150. The number of nitrogens with zero attached hydrogens (tertiary/aromatic N) is 3. The molecule has 1 aromatic rings. The van der Waals surface area contributed by atoms with E-state index in [1.165, 1.54) is 0 Å². The van der Waals surface area contributed by atoms with Crippen LogP contribution >= 0.6 is 48.6 Å². The van der Waals surface area contributed by atoms with Gasteiger partial charge in [0.2, 0.25) is 5.91 Å². The summed E-state index contributed by atoms with van der Waals surface area (Å²) < 4.78 is 5.41. The lowest BCUT2D eigenvalue weighted by Gasteiger charge is -2.35. The van der Waals surface area contributed by atoms with Crippen LogP contribution in [0.2, 0.25) is 0 Å².